The molecule has 0 nitrogen and oxygen atoms in total. The van der Waals surface area contributed by atoms with Crippen molar-refractivity contribution in [3.05, 3.63) is 40.2 Å². The lowest BCUT2D eigenvalue weighted by atomic mass is 10.1. The van der Waals surface area contributed by atoms with Gasteiger partial charge in [-0.1, -0.05) is 36.2 Å². The summed E-state index contributed by atoms with van der Waals surface area (Å²) in [5.74, 6) is -0.264. The van der Waals surface area contributed by atoms with Crippen LogP contribution in [0.3, 0.4) is 0 Å². The monoisotopic (exact) mass is 198 g/mol. The van der Waals surface area contributed by atoms with Crippen molar-refractivity contribution in [2.24, 2.45) is 0 Å². The van der Waals surface area contributed by atoms with Gasteiger partial charge in [-0.2, -0.15) is 0 Å². The Bertz CT molecular complexity index is 309. The summed E-state index contributed by atoms with van der Waals surface area (Å²) in [4.78, 5) is 0. The quantitative estimate of drug-likeness (QED) is 0.665. The molecule has 0 aliphatic heterocycles. The normalized spacial score (nSPS) is 11.8. The van der Waals surface area contributed by atoms with E-state index in [1.165, 1.54) is 6.07 Å². The van der Waals surface area contributed by atoms with E-state index in [0.717, 1.165) is 12.0 Å². The van der Waals surface area contributed by atoms with Gasteiger partial charge < -0.3 is 0 Å². The smallest absolute Gasteiger partial charge is 0.131 e. The molecule has 1 aromatic rings. The second-order valence-corrected chi connectivity index (χ2v) is 3.39. The van der Waals surface area contributed by atoms with Crippen molar-refractivity contribution in [1.29, 1.82) is 0 Å². The molecule has 2 heteroatoms. The molecule has 0 N–H and O–H groups in total. The molecule has 0 aliphatic carbocycles. The highest BCUT2D eigenvalue weighted by atomic mass is 35.5. The van der Waals surface area contributed by atoms with Crippen LogP contribution >= 0.6 is 11.6 Å². The van der Waals surface area contributed by atoms with Gasteiger partial charge in [-0.25, -0.2) is 4.39 Å². The molecule has 0 aliphatic rings. The zero-order chi connectivity index (χ0) is 9.84. The maximum atomic E-state index is 13.2. The van der Waals surface area contributed by atoms with Crippen LogP contribution in [0.15, 0.2) is 23.8 Å². The van der Waals surface area contributed by atoms with Crippen molar-refractivity contribution < 1.29 is 4.39 Å². The molecule has 0 radical (unpaired) electrons. The molecule has 1 aromatic carbocycles. The van der Waals surface area contributed by atoms with E-state index in [0.29, 0.717) is 10.6 Å². The van der Waals surface area contributed by atoms with Crippen molar-refractivity contribution in [2.45, 2.75) is 20.3 Å². The minimum atomic E-state index is -0.264. The van der Waals surface area contributed by atoms with Crippen LogP contribution in [0, 0.1) is 5.82 Å². The van der Waals surface area contributed by atoms with E-state index in [9.17, 15) is 4.39 Å². The van der Waals surface area contributed by atoms with Crippen LogP contribution < -0.4 is 0 Å². The van der Waals surface area contributed by atoms with Gasteiger partial charge >= 0.3 is 0 Å². The van der Waals surface area contributed by atoms with Gasteiger partial charge in [0.05, 0.1) is 5.02 Å². The molecule has 0 aromatic heterocycles. The van der Waals surface area contributed by atoms with Crippen LogP contribution in [0.25, 0.3) is 6.08 Å². The van der Waals surface area contributed by atoms with Gasteiger partial charge in [-0.05, 0) is 25.5 Å². The van der Waals surface area contributed by atoms with E-state index in [1.807, 2.05) is 13.8 Å². The minimum absolute atomic E-state index is 0.264. The van der Waals surface area contributed by atoms with Gasteiger partial charge in [-0.15, -0.1) is 0 Å². The number of halogens is 2. The molecule has 0 amide bonds. The van der Waals surface area contributed by atoms with Crippen molar-refractivity contribution in [2.75, 3.05) is 0 Å². The van der Waals surface area contributed by atoms with Gasteiger partial charge in [0.1, 0.15) is 5.82 Å². The largest absolute Gasteiger partial charge is 0.206 e. The van der Waals surface area contributed by atoms with Crippen molar-refractivity contribution >= 4 is 17.7 Å². The molecular weight excluding hydrogens is 187 g/mol. The van der Waals surface area contributed by atoms with E-state index < -0.39 is 0 Å². The molecule has 0 saturated heterocycles. The lowest BCUT2D eigenvalue weighted by Gasteiger charge is -2.01. The van der Waals surface area contributed by atoms with Crippen molar-refractivity contribution in [3.8, 4) is 0 Å². The van der Waals surface area contributed by atoms with Crippen molar-refractivity contribution in [1.82, 2.24) is 0 Å². The molecule has 0 heterocycles. The highest BCUT2D eigenvalue weighted by molar-refractivity contribution is 6.32. The topological polar surface area (TPSA) is 0 Å². The average molecular weight is 199 g/mol. The van der Waals surface area contributed by atoms with E-state index in [1.54, 1.807) is 18.2 Å². The van der Waals surface area contributed by atoms with Crippen molar-refractivity contribution in [3.63, 3.8) is 0 Å². The molecule has 13 heavy (non-hydrogen) atoms. The predicted molar refractivity (Wildman–Crippen MR) is 55.4 cm³/mol. The highest BCUT2D eigenvalue weighted by Gasteiger charge is 2.03. The zero-order valence-corrected chi connectivity index (χ0v) is 8.53. The van der Waals surface area contributed by atoms with Crippen LogP contribution in [-0.4, -0.2) is 0 Å². The Kier molecular flexibility index (Phi) is 3.49. The highest BCUT2D eigenvalue weighted by Crippen LogP contribution is 2.22. The Morgan fingerprint density at radius 1 is 1.54 bits per heavy atom. The van der Waals surface area contributed by atoms with Gasteiger partial charge in [0, 0.05) is 5.56 Å². The standard InChI is InChI=1S/C11H12ClF/c1-3-8(2)7-9-10(12)5-4-6-11(9)13/h4-7H,3H2,1-2H3. The van der Waals surface area contributed by atoms with Gasteiger partial charge in [0.25, 0.3) is 0 Å². The van der Waals surface area contributed by atoms with Crippen LogP contribution in [0.4, 0.5) is 4.39 Å². The Hall–Kier alpha value is -0.820. The summed E-state index contributed by atoms with van der Waals surface area (Å²) < 4.78 is 13.2. The SMILES string of the molecule is CCC(C)=Cc1c(F)cccc1Cl. The Balaban J connectivity index is 3.14. The Morgan fingerprint density at radius 2 is 2.23 bits per heavy atom. The summed E-state index contributed by atoms with van der Waals surface area (Å²) >= 11 is 5.85. The number of hydrogen-bond donors (Lipinski definition) is 0. The molecule has 0 spiro atoms. The fourth-order valence-electron chi connectivity index (χ4n) is 0.997. The predicted octanol–water partition coefficient (Wildman–Crippen LogP) is 4.29. The fourth-order valence-corrected chi connectivity index (χ4v) is 1.21. The van der Waals surface area contributed by atoms with Crippen LogP contribution in [0.5, 0.6) is 0 Å². The van der Waals surface area contributed by atoms with Crippen LogP contribution in [0.1, 0.15) is 25.8 Å². The minimum Gasteiger partial charge on any atom is -0.206 e. The lowest BCUT2D eigenvalue weighted by Crippen LogP contribution is -1.84. The first-order valence-electron chi connectivity index (χ1n) is 4.26. The lowest BCUT2D eigenvalue weighted by molar-refractivity contribution is 0.625. The summed E-state index contributed by atoms with van der Waals surface area (Å²) in [6.45, 7) is 3.99. The van der Waals surface area contributed by atoms with E-state index in [-0.39, 0.29) is 5.82 Å². The first-order chi connectivity index (χ1) is 6.15. The van der Waals surface area contributed by atoms with Crippen LogP contribution in [0.2, 0.25) is 5.02 Å². The third kappa shape index (κ3) is 2.56. The van der Waals surface area contributed by atoms with Crippen LogP contribution in [-0.2, 0) is 0 Å². The first-order valence-corrected chi connectivity index (χ1v) is 4.64. The number of rotatable bonds is 2. The molecule has 1 rings (SSSR count). The summed E-state index contributed by atoms with van der Waals surface area (Å²) in [6, 6.07) is 4.72. The number of benzene rings is 1. The Morgan fingerprint density at radius 3 is 2.77 bits per heavy atom. The summed E-state index contributed by atoms with van der Waals surface area (Å²) in [7, 11) is 0. The fraction of sp³-hybridized carbons (Fsp3) is 0.273. The number of allylic oxidation sites excluding steroid dienone is 1. The third-order valence-corrected chi connectivity index (χ3v) is 2.28. The first kappa shape index (κ1) is 10.3. The second-order valence-electron chi connectivity index (χ2n) is 2.98. The Labute approximate surface area is 83.0 Å². The maximum absolute atomic E-state index is 13.2. The second kappa shape index (κ2) is 4.43. The van der Waals surface area contributed by atoms with Gasteiger partial charge in [0.2, 0.25) is 0 Å². The van der Waals surface area contributed by atoms with Gasteiger partial charge in [-0.3, -0.25) is 0 Å². The maximum Gasteiger partial charge on any atom is 0.131 e. The van der Waals surface area contributed by atoms with E-state index in [2.05, 4.69) is 0 Å². The molecule has 0 saturated carbocycles. The summed E-state index contributed by atoms with van der Waals surface area (Å²) in [6.07, 6.45) is 2.70. The molecule has 0 bridgehead atoms. The molecule has 70 valence electrons. The molecule has 0 fully saturated rings. The zero-order valence-electron chi connectivity index (χ0n) is 7.77. The molecule has 0 unspecified atom stereocenters. The number of hydrogen-bond acceptors (Lipinski definition) is 0. The van der Waals surface area contributed by atoms with E-state index in [4.69, 9.17) is 11.6 Å². The third-order valence-electron chi connectivity index (χ3n) is 1.95. The molecule has 0 atom stereocenters. The molecular formula is C11H12ClF. The summed E-state index contributed by atoms with van der Waals surface area (Å²) in [5, 5.41) is 0.466. The van der Waals surface area contributed by atoms with E-state index >= 15 is 0 Å². The van der Waals surface area contributed by atoms with Gasteiger partial charge in [0.15, 0.2) is 0 Å². The average Bonchev–Trinajstić information content (AvgIpc) is 2.11. The summed E-state index contributed by atoms with van der Waals surface area (Å²) in [5.41, 5.74) is 1.61.